The van der Waals surface area contributed by atoms with Gasteiger partial charge in [0.15, 0.2) is 0 Å². The minimum atomic E-state index is 1.02. The molecule has 0 spiro atoms. The van der Waals surface area contributed by atoms with Crippen molar-refractivity contribution in [1.29, 1.82) is 0 Å². The van der Waals surface area contributed by atoms with Crippen molar-refractivity contribution in [3.05, 3.63) is 60.2 Å². The second-order valence-corrected chi connectivity index (χ2v) is 4.39. The van der Waals surface area contributed by atoms with Gasteiger partial charge in [-0.15, -0.1) is 0 Å². The zero-order valence-corrected chi connectivity index (χ0v) is 10.6. The van der Waals surface area contributed by atoms with Gasteiger partial charge in [0.25, 0.3) is 0 Å². The first-order valence-corrected chi connectivity index (χ1v) is 6.12. The molecule has 2 rings (SSSR count). The van der Waals surface area contributed by atoms with E-state index in [0.717, 1.165) is 13.1 Å². The summed E-state index contributed by atoms with van der Waals surface area (Å²) in [5.41, 5.74) is 3.94. The maximum atomic E-state index is 2.30. The van der Waals surface area contributed by atoms with Gasteiger partial charge >= 0.3 is 0 Å². The molecule has 0 radical (unpaired) electrons. The van der Waals surface area contributed by atoms with E-state index in [2.05, 4.69) is 67.4 Å². The van der Waals surface area contributed by atoms with Crippen LogP contribution in [0.1, 0.15) is 12.5 Å². The highest BCUT2D eigenvalue weighted by Gasteiger charge is 1.99. The summed E-state index contributed by atoms with van der Waals surface area (Å²) in [6.45, 7) is 4.28. The summed E-state index contributed by atoms with van der Waals surface area (Å²) in [6, 6.07) is 19.3. The molecular weight excluding hydrogens is 206 g/mol. The van der Waals surface area contributed by atoms with Gasteiger partial charge in [-0.1, -0.05) is 61.5 Å². The first-order valence-electron chi connectivity index (χ1n) is 6.12. The molecule has 0 atom stereocenters. The Morgan fingerprint density at radius 2 is 1.41 bits per heavy atom. The van der Waals surface area contributed by atoms with E-state index in [1.54, 1.807) is 0 Å². The van der Waals surface area contributed by atoms with Crippen LogP contribution in [0.5, 0.6) is 0 Å². The Kier molecular flexibility index (Phi) is 3.94. The van der Waals surface area contributed by atoms with Gasteiger partial charge in [-0.3, -0.25) is 0 Å². The van der Waals surface area contributed by atoms with Crippen LogP contribution in [-0.4, -0.2) is 18.5 Å². The van der Waals surface area contributed by atoms with E-state index >= 15 is 0 Å². The lowest BCUT2D eigenvalue weighted by Gasteiger charge is -2.13. The van der Waals surface area contributed by atoms with Crippen LogP contribution in [0.15, 0.2) is 54.6 Å². The maximum Gasteiger partial charge on any atom is 0.0230 e. The normalized spacial score (nSPS) is 10.8. The van der Waals surface area contributed by atoms with Crippen molar-refractivity contribution in [3.8, 4) is 11.1 Å². The lowest BCUT2D eigenvalue weighted by Crippen LogP contribution is -2.16. The van der Waals surface area contributed by atoms with Gasteiger partial charge < -0.3 is 4.90 Å². The summed E-state index contributed by atoms with van der Waals surface area (Å²) in [6.07, 6.45) is 0. The Morgan fingerprint density at radius 3 is 2.00 bits per heavy atom. The summed E-state index contributed by atoms with van der Waals surface area (Å²) in [7, 11) is 2.14. The monoisotopic (exact) mass is 225 g/mol. The van der Waals surface area contributed by atoms with E-state index < -0.39 is 0 Å². The minimum Gasteiger partial charge on any atom is -0.302 e. The van der Waals surface area contributed by atoms with Crippen molar-refractivity contribution in [2.24, 2.45) is 0 Å². The van der Waals surface area contributed by atoms with Crippen molar-refractivity contribution in [2.75, 3.05) is 13.6 Å². The highest BCUT2D eigenvalue weighted by Crippen LogP contribution is 2.19. The van der Waals surface area contributed by atoms with E-state index in [1.165, 1.54) is 16.7 Å². The standard InChI is InChI=1S/C16H19N/c1-3-17(2)13-14-9-11-16(12-10-14)15-7-5-4-6-8-15/h4-12H,3,13H2,1-2H3. The SMILES string of the molecule is CCN(C)Cc1ccc(-c2ccccc2)cc1. The van der Waals surface area contributed by atoms with Crippen LogP contribution in [0, 0.1) is 0 Å². The largest absolute Gasteiger partial charge is 0.302 e. The van der Waals surface area contributed by atoms with Crippen LogP contribution in [0.3, 0.4) is 0 Å². The molecule has 17 heavy (non-hydrogen) atoms. The van der Waals surface area contributed by atoms with Crippen LogP contribution in [0.25, 0.3) is 11.1 Å². The van der Waals surface area contributed by atoms with Crippen LogP contribution in [0.2, 0.25) is 0 Å². The molecule has 0 N–H and O–H groups in total. The third-order valence-electron chi connectivity index (χ3n) is 3.05. The molecule has 0 bridgehead atoms. The predicted octanol–water partition coefficient (Wildman–Crippen LogP) is 3.81. The Labute approximate surface area is 104 Å². The van der Waals surface area contributed by atoms with Gasteiger partial charge in [0.1, 0.15) is 0 Å². The Balaban J connectivity index is 2.13. The summed E-state index contributed by atoms with van der Waals surface area (Å²) in [5, 5.41) is 0. The predicted molar refractivity (Wildman–Crippen MR) is 73.9 cm³/mol. The summed E-state index contributed by atoms with van der Waals surface area (Å²) < 4.78 is 0. The molecule has 0 aliphatic heterocycles. The molecule has 1 nitrogen and oxygen atoms in total. The van der Waals surface area contributed by atoms with Gasteiger partial charge in [0.05, 0.1) is 0 Å². The molecule has 0 aromatic heterocycles. The molecule has 0 heterocycles. The van der Waals surface area contributed by atoms with Crippen molar-refractivity contribution in [3.63, 3.8) is 0 Å². The smallest absolute Gasteiger partial charge is 0.0230 e. The summed E-state index contributed by atoms with van der Waals surface area (Å²) >= 11 is 0. The Bertz CT molecular complexity index is 445. The fraction of sp³-hybridized carbons (Fsp3) is 0.250. The third-order valence-corrected chi connectivity index (χ3v) is 3.05. The zero-order valence-electron chi connectivity index (χ0n) is 10.6. The fourth-order valence-electron chi connectivity index (χ4n) is 1.86. The average molecular weight is 225 g/mol. The molecule has 0 amide bonds. The minimum absolute atomic E-state index is 1.02. The number of hydrogen-bond acceptors (Lipinski definition) is 1. The molecule has 0 aliphatic carbocycles. The second kappa shape index (κ2) is 5.65. The van der Waals surface area contributed by atoms with E-state index in [0.29, 0.717) is 0 Å². The quantitative estimate of drug-likeness (QED) is 0.765. The van der Waals surface area contributed by atoms with Gasteiger partial charge in [-0.05, 0) is 30.3 Å². The van der Waals surface area contributed by atoms with Crippen molar-refractivity contribution in [2.45, 2.75) is 13.5 Å². The van der Waals surface area contributed by atoms with Crippen LogP contribution < -0.4 is 0 Å². The zero-order chi connectivity index (χ0) is 12.1. The highest BCUT2D eigenvalue weighted by molar-refractivity contribution is 5.63. The number of rotatable bonds is 4. The van der Waals surface area contributed by atoms with E-state index in [1.807, 2.05) is 6.07 Å². The highest BCUT2D eigenvalue weighted by atomic mass is 15.1. The van der Waals surface area contributed by atoms with Gasteiger partial charge in [0.2, 0.25) is 0 Å². The molecule has 0 unspecified atom stereocenters. The van der Waals surface area contributed by atoms with Crippen molar-refractivity contribution < 1.29 is 0 Å². The molecule has 0 aliphatic rings. The molecule has 88 valence electrons. The molecule has 0 saturated heterocycles. The topological polar surface area (TPSA) is 3.24 Å². The summed E-state index contributed by atoms with van der Waals surface area (Å²) in [5.74, 6) is 0. The molecule has 1 heteroatoms. The average Bonchev–Trinajstić information content (AvgIpc) is 2.40. The Morgan fingerprint density at radius 1 is 0.824 bits per heavy atom. The molecule has 2 aromatic carbocycles. The van der Waals surface area contributed by atoms with Gasteiger partial charge in [-0.25, -0.2) is 0 Å². The summed E-state index contributed by atoms with van der Waals surface area (Å²) in [4.78, 5) is 2.30. The Hall–Kier alpha value is -1.60. The molecule has 0 fully saturated rings. The number of nitrogens with zero attached hydrogens (tertiary/aromatic N) is 1. The van der Waals surface area contributed by atoms with E-state index in [-0.39, 0.29) is 0 Å². The molecular formula is C16H19N. The molecule has 0 saturated carbocycles. The van der Waals surface area contributed by atoms with Crippen LogP contribution >= 0.6 is 0 Å². The lowest BCUT2D eigenvalue weighted by atomic mass is 10.0. The second-order valence-electron chi connectivity index (χ2n) is 4.39. The first-order chi connectivity index (χ1) is 8.29. The molecule has 2 aromatic rings. The van der Waals surface area contributed by atoms with Crippen molar-refractivity contribution >= 4 is 0 Å². The lowest BCUT2D eigenvalue weighted by molar-refractivity contribution is 0.346. The van der Waals surface area contributed by atoms with E-state index in [9.17, 15) is 0 Å². The maximum absolute atomic E-state index is 2.30. The van der Waals surface area contributed by atoms with E-state index in [4.69, 9.17) is 0 Å². The third kappa shape index (κ3) is 3.18. The van der Waals surface area contributed by atoms with Crippen LogP contribution in [-0.2, 0) is 6.54 Å². The first kappa shape index (κ1) is 11.9. The van der Waals surface area contributed by atoms with Crippen molar-refractivity contribution in [1.82, 2.24) is 4.90 Å². The number of hydrogen-bond donors (Lipinski definition) is 0. The van der Waals surface area contributed by atoms with Gasteiger partial charge in [-0.2, -0.15) is 0 Å². The number of benzene rings is 2. The fourth-order valence-corrected chi connectivity index (χ4v) is 1.86. The van der Waals surface area contributed by atoms with Crippen LogP contribution in [0.4, 0.5) is 0 Å². The van der Waals surface area contributed by atoms with Gasteiger partial charge in [0, 0.05) is 6.54 Å².